The molecule has 0 aromatic carbocycles. The Morgan fingerprint density at radius 2 is 2.17 bits per heavy atom. The molecule has 2 amide bonds. The van der Waals surface area contributed by atoms with E-state index in [1.807, 2.05) is 15.8 Å². The summed E-state index contributed by atoms with van der Waals surface area (Å²) in [5.74, 6) is 0. The van der Waals surface area contributed by atoms with Gasteiger partial charge < -0.3 is 15.0 Å². The van der Waals surface area contributed by atoms with Crippen LogP contribution in [0.3, 0.4) is 0 Å². The monoisotopic (exact) mass is 321 g/mol. The van der Waals surface area contributed by atoms with Crippen molar-refractivity contribution in [3.63, 3.8) is 0 Å². The van der Waals surface area contributed by atoms with Gasteiger partial charge in [-0.2, -0.15) is 5.10 Å². The highest BCUT2D eigenvalue weighted by Gasteiger charge is 2.24. The maximum atomic E-state index is 12.3. The van der Waals surface area contributed by atoms with E-state index in [-0.39, 0.29) is 12.1 Å². The lowest BCUT2D eigenvalue weighted by Gasteiger charge is -2.35. The summed E-state index contributed by atoms with van der Waals surface area (Å²) in [4.78, 5) is 16.6. The number of hydrogen-bond donors (Lipinski definition) is 1. The van der Waals surface area contributed by atoms with Crippen LogP contribution in [0.1, 0.15) is 18.4 Å². The lowest BCUT2D eigenvalue weighted by atomic mass is 10.1. The maximum absolute atomic E-state index is 12.3. The minimum absolute atomic E-state index is 0.0582. The second-order valence-corrected chi connectivity index (χ2v) is 6.47. The molecule has 128 valence electrons. The molecule has 23 heavy (non-hydrogen) atoms. The molecule has 3 rings (SSSR count). The van der Waals surface area contributed by atoms with Gasteiger partial charge in [-0.25, -0.2) is 4.79 Å². The quantitative estimate of drug-likeness (QED) is 0.887. The van der Waals surface area contributed by atoms with Crippen molar-refractivity contribution in [2.24, 2.45) is 0 Å². The molecular formula is C16H27N5O2. The van der Waals surface area contributed by atoms with E-state index < -0.39 is 0 Å². The van der Waals surface area contributed by atoms with E-state index in [1.165, 1.54) is 5.56 Å². The van der Waals surface area contributed by atoms with Crippen LogP contribution in [0.5, 0.6) is 0 Å². The number of nitrogens with one attached hydrogen (secondary N) is 1. The molecule has 0 saturated carbocycles. The Kier molecular flexibility index (Phi) is 5.51. The first-order valence-electron chi connectivity index (χ1n) is 8.55. The van der Waals surface area contributed by atoms with E-state index in [1.54, 1.807) is 0 Å². The molecule has 7 heteroatoms. The number of aryl methyl sites for hydroxylation is 1. The average Bonchev–Trinajstić information content (AvgIpc) is 3.00. The molecule has 2 fully saturated rings. The predicted molar refractivity (Wildman–Crippen MR) is 87.3 cm³/mol. The zero-order valence-corrected chi connectivity index (χ0v) is 13.9. The molecular weight excluding hydrogens is 294 g/mol. The molecule has 1 unspecified atom stereocenters. The van der Waals surface area contributed by atoms with Gasteiger partial charge in [-0.3, -0.25) is 9.58 Å². The highest BCUT2D eigenvalue weighted by atomic mass is 16.5. The fourth-order valence-corrected chi connectivity index (χ4v) is 3.24. The third-order valence-electron chi connectivity index (χ3n) is 4.54. The molecule has 7 nitrogen and oxygen atoms in total. The van der Waals surface area contributed by atoms with Crippen LogP contribution in [-0.2, 0) is 11.3 Å². The third-order valence-corrected chi connectivity index (χ3v) is 4.54. The average molecular weight is 321 g/mol. The van der Waals surface area contributed by atoms with Gasteiger partial charge in [-0.15, -0.1) is 0 Å². The summed E-state index contributed by atoms with van der Waals surface area (Å²) in [5, 5.41) is 7.52. The van der Waals surface area contributed by atoms with Gasteiger partial charge in [0, 0.05) is 38.4 Å². The van der Waals surface area contributed by atoms with Crippen LogP contribution in [0.15, 0.2) is 12.4 Å². The molecule has 0 spiro atoms. The molecule has 2 aliphatic heterocycles. The highest BCUT2D eigenvalue weighted by Crippen LogP contribution is 2.11. The van der Waals surface area contributed by atoms with E-state index in [0.717, 1.165) is 39.0 Å². The minimum Gasteiger partial charge on any atom is -0.378 e. The highest BCUT2D eigenvalue weighted by molar-refractivity contribution is 5.74. The SMILES string of the molecule is Cc1cnn(CCN2CCCC(NC(=O)N3CCOCC3)C2)c1. The van der Waals surface area contributed by atoms with Gasteiger partial charge >= 0.3 is 6.03 Å². The lowest BCUT2D eigenvalue weighted by Crippen LogP contribution is -2.53. The van der Waals surface area contributed by atoms with E-state index in [0.29, 0.717) is 26.3 Å². The van der Waals surface area contributed by atoms with Crippen molar-refractivity contribution in [1.82, 2.24) is 24.9 Å². The third kappa shape index (κ3) is 4.68. The van der Waals surface area contributed by atoms with Crippen LogP contribution in [0, 0.1) is 6.92 Å². The van der Waals surface area contributed by atoms with Crippen molar-refractivity contribution in [1.29, 1.82) is 0 Å². The summed E-state index contributed by atoms with van der Waals surface area (Å²) in [5.41, 5.74) is 1.19. The first kappa shape index (κ1) is 16.3. The Bertz CT molecular complexity index is 512. The number of carbonyl (C=O) groups is 1. The lowest BCUT2D eigenvalue weighted by molar-refractivity contribution is 0.0514. The topological polar surface area (TPSA) is 62.6 Å². The fraction of sp³-hybridized carbons (Fsp3) is 0.750. The maximum Gasteiger partial charge on any atom is 0.317 e. The van der Waals surface area contributed by atoms with Gasteiger partial charge in [0.25, 0.3) is 0 Å². The standard InChI is InChI=1S/C16H27N5O2/c1-14-11-17-21(12-14)6-5-19-4-2-3-15(13-19)18-16(22)20-7-9-23-10-8-20/h11-12,15H,2-10,13H2,1H3,(H,18,22). The summed E-state index contributed by atoms with van der Waals surface area (Å²) in [6.07, 6.45) is 6.16. The number of carbonyl (C=O) groups excluding carboxylic acids is 1. The Morgan fingerprint density at radius 1 is 1.35 bits per heavy atom. The van der Waals surface area contributed by atoms with Crippen molar-refractivity contribution in [2.45, 2.75) is 32.4 Å². The van der Waals surface area contributed by atoms with Crippen LogP contribution in [0.2, 0.25) is 0 Å². The number of ether oxygens (including phenoxy) is 1. The van der Waals surface area contributed by atoms with Gasteiger partial charge in [-0.05, 0) is 31.9 Å². The number of piperidine rings is 1. The summed E-state index contributed by atoms with van der Waals surface area (Å²) in [6, 6.07) is 0.307. The summed E-state index contributed by atoms with van der Waals surface area (Å²) < 4.78 is 7.29. The second-order valence-electron chi connectivity index (χ2n) is 6.47. The summed E-state index contributed by atoms with van der Waals surface area (Å²) in [7, 11) is 0. The molecule has 1 aromatic heterocycles. The van der Waals surface area contributed by atoms with Crippen LogP contribution in [0.4, 0.5) is 4.79 Å². The number of likely N-dealkylation sites (tertiary alicyclic amines) is 1. The molecule has 1 N–H and O–H groups in total. The summed E-state index contributed by atoms with van der Waals surface area (Å²) >= 11 is 0. The second kappa shape index (κ2) is 7.79. The molecule has 1 aromatic rings. The number of aromatic nitrogens is 2. The van der Waals surface area contributed by atoms with E-state index in [9.17, 15) is 4.79 Å². The molecule has 1 atom stereocenters. The van der Waals surface area contributed by atoms with Crippen molar-refractivity contribution in [3.05, 3.63) is 18.0 Å². The number of morpholine rings is 1. The van der Waals surface area contributed by atoms with Crippen LogP contribution < -0.4 is 5.32 Å². The Hall–Kier alpha value is -1.60. The first-order valence-corrected chi connectivity index (χ1v) is 8.55. The van der Waals surface area contributed by atoms with Crippen molar-refractivity contribution >= 4 is 6.03 Å². The fourth-order valence-electron chi connectivity index (χ4n) is 3.24. The Labute approximate surface area is 137 Å². The van der Waals surface area contributed by atoms with Crippen LogP contribution >= 0.6 is 0 Å². The number of nitrogens with zero attached hydrogens (tertiary/aromatic N) is 4. The molecule has 2 aliphatic rings. The normalized spacial score (nSPS) is 23.0. The predicted octanol–water partition coefficient (Wildman–Crippen LogP) is 0.698. The van der Waals surface area contributed by atoms with Crippen molar-refractivity contribution < 1.29 is 9.53 Å². The van der Waals surface area contributed by atoms with Gasteiger partial charge in [0.1, 0.15) is 0 Å². The van der Waals surface area contributed by atoms with Crippen LogP contribution in [0.25, 0.3) is 0 Å². The van der Waals surface area contributed by atoms with Crippen LogP contribution in [-0.4, -0.2) is 77.6 Å². The zero-order valence-electron chi connectivity index (χ0n) is 13.9. The molecule has 0 bridgehead atoms. The number of hydrogen-bond acceptors (Lipinski definition) is 4. The van der Waals surface area contributed by atoms with Crippen molar-refractivity contribution in [3.8, 4) is 0 Å². The number of urea groups is 1. The smallest absolute Gasteiger partial charge is 0.317 e. The van der Waals surface area contributed by atoms with E-state index in [4.69, 9.17) is 4.74 Å². The Balaban J connectivity index is 1.43. The Morgan fingerprint density at radius 3 is 2.91 bits per heavy atom. The molecule has 2 saturated heterocycles. The van der Waals surface area contributed by atoms with Crippen molar-refractivity contribution in [2.75, 3.05) is 45.9 Å². The first-order chi connectivity index (χ1) is 11.2. The van der Waals surface area contributed by atoms with Gasteiger partial charge in [0.05, 0.1) is 26.0 Å². The molecule has 0 radical (unpaired) electrons. The zero-order chi connectivity index (χ0) is 16.1. The largest absolute Gasteiger partial charge is 0.378 e. The minimum atomic E-state index is 0.0582. The van der Waals surface area contributed by atoms with Gasteiger partial charge in [0.2, 0.25) is 0 Å². The van der Waals surface area contributed by atoms with Gasteiger partial charge in [0.15, 0.2) is 0 Å². The van der Waals surface area contributed by atoms with Gasteiger partial charge in [-0.1, -0.05) is 0 Å². The molecule has 3 heterocycles. The molecule has 0 aliphatic carbocycles. The summed E-state index contributed by atoms with van der Waals surface area (Å²) in [6.45, 7) is 8.65. The number of amides is 2. The van der Waals surface area contributed by atoms with E-state index >= 15 is 0 Å². The van der Waals surface area contributed by atoms with E-state index in [2.05, 4.69) is 28.4 Å². The number of rotatable bonds is 4.